The Morgan fingerprint density at radius 2 is 1.79 bits per heavy atom. The lowest BCUT2D eigenvalue weighted by Gasteiger charge is -2.09. The third kappa shape index (κ3) is 4.30. The lowest BCUT2D eigenvalue weighted by molar-refractivity contribution is 0.344. The van der Waals surface area contributed by atoms with Gasteiger partial charge >= 0.3 is 0 Å². The second kappa shape index (κ2) is 8.22. The molecular formula is C18H18ClN3OS. The van der Waals surface area contributed by atoms with E-state index >= 15 is 0 Å². The highest BCUT2D eigenvalue weighted by Gasteiger charge is 2.10. The van der Waals surface area contributed by atoms with Gasteiger partial charge in [0.2, 0.25) is 0 Å². The van der Waals surface area contributed by atoms with Crippen LogP contribution in [0.1, 0.15) is 11.4 Å². The molecule has 0 N–H and O–H groups in total. The Morgan fingerprint density at radius 1 is 1.04 bits per heavy atom. The molecule has 0 fully saturated rings. The molecule has 2 aromatic carbocycles. The molecule has 4 nitrogen and oxygen atoms in total. The first-order valence-electron chi connectivity index (χ1n) is 7.68. The molecule has 1 aromatic heterocycles. The van der Waals surface area contributed by atoms with Gasteiger partial charge in [0.15, 0.2) is 5.16 Å². The topological polar surface area (TPSA) is 39.9 Å². The fourth-order valence-corrected chi connectivity index (χ4v) is 3.25. The Labute approximate surface area is 150 Å². The summed E-state index contributed by atoms with van der Waals surface area (Å²) in [7, 11) is 0. The van der Waals surface area contributed by atoms with Crippen LogP contribution < -0.4 is 4.74 Å². The monoisotopic (exact) mass is 359 g/mol. The number of nitrogens with zero attached hydrogens (tertiary/aromatic N) is 3. The number of ether oxygens (including phenoxy) is 1. The first-order valence-corrected chi connectivity index (χ1v) is 9.04. The summed E-state index contributed by atoms with van der Waals surface area (Å²) in [5.74, 6) is 2.40. The van der Waals surface area contributed by atoms with Gasteiger partial charge in [-0.05, 0) is 24.6 Å². The standard InChI is InChI=1S/C18H18ClN3OS/c1-14-20-21-18(22(14)13-15-7-3-2-4-8-15)24-12-11-23-17-10-6-5-9-16(17)19/h2-10H,11-13H2,1H3. The van der Waals surface area contributed by atoms with Crippen molar-refractivity contribution in [3.63, 3.8) is 0 Å². The van der Waals surface area contributed by atoms with Crippen molar-refractivity contribution in [2.75, 3.05) is 12.4 Å². The Bertz CT molecular complexity index is 792. The Morgan fingerprint density at radius 3 is 2.58 bits per heavy atom. The molecule has 0 bridgehead atoms. The van der Waals surface area contributed by atoms with Crippen LogP contribution in [0.5, 0.6) is 5.75 Å². The average molecular weight is 360 g/mol. The fraction of sp³-hybridized carbons (Fsp3) is 0.222. The van der Waals surface area contributed by atoms with E-state index in [1.165, 1.54) is 5.56 Å². The molecule has 0 saturated carbocycles. The highest BCUT2D eigenvalue weighted by Crippen LogP contribution is 2.24. The molecule has 6 heteroatoms. The number of hydrogen-bond donors (Lipinski definition) is 0. The Hall–Kier alpha value is -1.98. The Kier molecular flexibility index (Phi) is 5.77. The number of para-hydroxylation sites is 1. The van der Waals surface area contributed by atoms with E-state index in [9.17, 15) is 0 Å². The van der Waals surface area contributed by atoms with Crippen molar-refractivity contribution >= 4 is 23.4 Å². The van der Waals surface area contributed by atoms with E-state index in [0.717, 1.165) is 23.3 Å². The van der Waals surface area contributed by atoms with Crippen LogP contribution in [0.15, 0.2) is 59.8 Å². The van der Waals surface area contributed by atoms with E-state index in [-0.39, 0.29) is 0 Å². The number of benzene rings is 2. The van der Waals surface area contributed by atoms with Gasteiger partial charge in [-0.15, -0.1) is 10.2 Å². The van der Waals surface area contributed by atoms with Crippen LogP contribution in [0, 0.1) is 6.92 Å². The van der Waals surface area contributed by atoms with Gasteiger partial charge in [-0.3, -0.25) is 0 Å². The zero-order valence-corrected chi connectivity index (χ0v) is 14.9. The zero-order valence-electron chi connectivity index (χ0n) is 13.4. The second-order valence-corrected chi connectivity index (χ2v) is 6.70. The summed E-state index contributed by atoms with van der Waals surface area (Å²) in [6, 6.07) is 17.8. The number of halogens is 1. The molecule has 0 aliphatic rings. The fourth-order valence-electron chi connectivity index (χ4n) is 2.26. The minimum absolute atomic E-state index is 0.561. The number of aromatic nitrogens is 3. The summed E-state index contributed by atoms with van der Waals surface area (Å²) < 4.78 is 7.83. The van der Waals surface area contributed by atoms with E-state index in [4.69, 9.17) is 16.3 Å². The summed E-state index contributed by atoms with van der Waals surface area (Å²) in [5, 5.41) is 9.99. The number of thioether (sulfide) groups is 1. The Balaban J connectivity index is 1.57. The number of aryl methyl sites for hydroxylation is 1. The highest BCUT2D eigenvalue weighted by atomic mass is 35.5. The zero-order chi connectivity index (χ0) is 16.8. The van der Waals surface area contributed by atoms with Crippen LogP contribution in [-0.4, -0.2) is 27.1 Å². The predicted molar refractivity (Wildman–Crippen MR) is 98.0 cm³/mol. The van der Waals surface area contributed by atoms with Gasteiger partial charge in [0.25, 0.3) is 0 Å². The molecule has 0 amide bonds. The third-order valence-corrected chi connectivity index (χ3v) is 4.74. The van der Waals surface area contributed by atoms with Crippen molar-refractivity contribution in [1.82, 2.24) is 14.8 Å². The van der Waals surface area contributed by atoms with Crippen LogP contribution in [0.2, 0.25) is 5.02 Å². The van der Waals surface area contributed by atoms with Crippen LogP contribution >= 0.6 is 23.4 Å². The van der Waals surface area contributed by atoms with Crippen molar-refractivity contribution in [3.8, 4) is 5.75 Å². The average Bonchev–Trinajstić information content (AvgIpc) is 2.94. The van der Waals surface area contributed by atoms with Crippen LogP contribution in [0.25, 0.3) is 0 Å². The quantitative estimate of drug-likeness (QED) is 0.461. The summed E-state index contributed by atoms with van der Waals surface area (Å²) in [4.78, 5) is 0. The molecule has 0 aliphatic heterocycles. The molecule has 124 valence electrons. The molecule has 24 heavy (non-hydrogen) atoms. The van der Waals surface area contributed by atoms with Gasteiger partial charge in [-0.2, -0.15) is 0 Å². The van der Waals surface area contributed by atoms with Gasteiger partial charge < -0.3 is 9.30 Å². The third-order valence-electron chi connectivity index (χ3n) is 3.49. The number of hydrogen-bond acceptors (Lipinski definition) is 4. The molecule has 0 spiro atoms. The van der Waals surface area contributed by atoms with Gasteiger partial charge in [0.05, 0.1) is 18.2 Å². The molecule has 1 heterocycles. The maximum Gasteiger partial charge on any atom is 0.191 e. The largest absolute Gasteiger partial charge is 0.491 e. The van der Waals surface area contributed by atoms with Crippen molar-refractivity contribution in [2.45, 2.75) is 18.6 Å². The molecule has 0 radical (unpaired) electrons. The van der Waals surface area contributed by atoms with E-state index in [0.29, 0.717) is 17.4 Å². The molecular weight excluding hydrogens is 342 g/mol. The molecule has 0 saturated heterocycles. The van der Waals surface area contributed by atoms with Crippen molar-refractivity contribution in [2.24, 2.45) is 0 Å². The van der Waals surface area contributed by atoms with Crippen molar-refractivity contribution < 1.29 is 4.74 Å². The maximum absolute atomic E-state index is 6.08. The molecule has 0 atom stereocenters. The van der Waals surface area contributed by atoms with Crippen molar-refractivity contribution in [3.05, 3.63) is 71.0 Å². The SMILES string of the molecule is Cc1nnc(SCCOc2ccccc2Cl)n1Cc1ccccc1. The van der Waals surface area contributed by atoms with Gasteiger partial charge in [0.1, 0.15) is 11.6 Å². The second-order valence-electron chi connectivity index (χ2n) is 5.23. The highest BCUT2D eigenvalue weighted by molar-refractivity contribution is 7.99. The number of rotatable bonds is 7. The normalized spacial score (nSPS) is 10.8. The minimum atomic E-state index is 0.561. The van der Waals surface area contributed by atoms with E-state index in [2.05, 4.69) is 26.9 Å². The summed E-state index contributed by atoms with van der Waals surface area (Å²) in [6.45, 7) is 3.30. The van der Waals surface area contributed by atoms with E-state index in [1.54, 1.807) is 11.8 Å². The molecule has 3 rings (SSSR count). The van der Waals surface area contributed by atoms with Crippen LogP contribution in [-0.2, 0) is 6.54 Å². The van der Waals surface area contributed by atoms with Gasteiger partial charge in [-0.25, -0.2) is 0 Å². The molecule has 0 unspecified atom stereocenters. The van der Waals surface area contributed by atoms with Gasteiger partial charge in [-0.1, -0.05) is 65.8 Å². The summed E-state index contributed by atoms with van der Waals surface area (Å²) >= 11 is 7.71. The predicted octanol–water partition coefficient (Wildman–Crippen LogP) is 4.46. The first kappa shape index (κ1) is 16.9. The van der Waals surface area contributed by atoms with E-state index in [1.807, 2.05) is 49.4 Å². The maximum atomic E-state index is 6.08. The summed E-state index contributed by atoms with van der Waals surface area (Å²) in [5.41, 5.74) is 1.23. The summed E-state index contributed by atoms with van der Waals surface area (Å²) in [6.07, 6.45) is 0. The van der Waals surface area contributed by atoms with Crippen LogP contribution in [0.3, 0.4) is 0 Å². The van der Waals surface area contributed by atoms with Gasteiger partial charge in [0, 0.05) is 5.75 Å². The van der Waals surface area contributed by atoms with Crippen molar-refractivity contribution in [1.29, 1.82) is 0 Å². The molecule has 3 aromatic rings. The van der Waals surface area contributed by atoms with Crippen LogP contribution in [0.4, 0.5) is 0 Å². The first-order chi connectivity index (χ1) is 11.7. The lowest BCUT2D eigenvalue weighted by Crippen LogP contribution is -2.06. The lowest BCUT2D eigenvalue weighted by atomic mass is 10.2. The smallest absolute Gasteiger partial charge is 0.191 e. The molecule has 0 aliphatic carbocycles. The minimum Gasteiger partial charge on any atom is -0.491 e. The van der Waals surface area contributed by atoms with E-state index < -0.39 is 0 Å².